The maximum Gasteiger partial charge on any atom is 0.331 e. The first-order valence-corrected chi connectivity index (χ1v) is 13.5. The molecule has 1 aromatic heterocycles. The van der Waals surface area contributed by atoms with Crippen LogP contribution in [0.15, 0.2) is 82.4 Å². The number of nitrogens with two attached hydrogens (primary N) is 1. The van der Waals surface area contributed by atoms with Crippen molar-refractivity contribution in [2.24, 2.45) is 5.73 Å². The van der Waals surface area contributed by atoms with E-state index >= 15 is 0 Å². The van der Waals surface area contributed by atoms with Gasteiger partial charge in [-0.1, -0.05) is 48.5 Å². The quantitative estimate of drug-likeness (QED) is 0.353. The van der Waals surface area contributed by atoms with E-state index in [0.717, 1.165) is 27.8 Å². The molecule has 0 bridgehead atoms. The number of hydrogen-bond acceptors (Lipinski definition) is 5. The van der Waals surface area contributed by atoms with Crippen molar-refractivity contribution < 1.29 is 13.2 Å². The number of benzene rings is 3. The van der Waals surface area contributed by atoms with Crippen molar-refractivity contribution in [2.45, 2.75) is 32.6 Å². The van der Waals surface area contributed by atoms with E-state index in [-0.39, 0.29) is 24.5 Å². The number of piperazine rings is 1. The molecule has 1 aliphatic rings. The first-order chi connectivity index (χ1) is 19.7. The zero-order valence-electron chi connectivity index (χ0n) is 22.8. The second-order valence-electron chi connectivity index (χ2n) is 10.3. The Hall–Kier alpha value is -4.15. The van der Waals surface area contributed by atoms with E-state index in [2.05, 4.69) is 4.90 Å². The van der Waals surface area contributed by atoms with E-state index in [1.807, 2.05) is 35.2 Å². The molecule has 1 aliphatic heterocycles. The summed E-state index contributed by atoms with van der Waals surface area (Å²) in [5.41, 5.74) is 7.36. The standard InChI is InChI=1S/C31H32F3N5O2/c1-21-29(37-16-14-36(15-17-37)18-22-10-12-24(32)13-11-22)30(40)39(20-28(35)23-6-3-2-4-7-23)31(41)38(21)19-25-26(33)8-5-9-27(25)34/h2-13,28H,14-20,35H2,1H3/t28-/m0/s1. The molecule has 41 heavy (non-hydrogen) atoms. The molecule has 4 aromatic rings. The van der Waals surface area contributed by atoms with Crippen LogP contribution in [0.4, 0.5) is 18.9 Å². The third-order valence-corrected chi connectivity index (χ3v) is 7.65. The van der Waals surface area contributed by atoms with Crippen molar-refractivity contribution in [3.63, 3.8) is 0 Å². The highest BCUT2D eigenvalue weighted by molar-refractivity contribution is 5.50. The topological polar surface area (TPSA) is 76.5 Å². The third kappa shape index (κ3) is 6.13. The molecule has 1 saturated heterocycles. The minimum atomic E-state index is -0.772. The van der Waals surface area contributed by atoms with Crippen molar-refractivity contribution in [1.82, 2.24) is 14.0 Å². The second kappa shape index (κ2) is 12.2. The molecule has 5 rings (SSSR count). The average Bonchev–Trinajstić information content (AvgIpc) is 2.97. The van der Waals surface area contributed by atoms with Crippen LogP contribution in [0.25, 0.3) is 0 Å². The number of hydrogen-bond donors (Lipinski definition) is 1. The van der Waals surface area contributed by atoms with E-state index in [4.69, 9.17) is 5.73 Å². The Morgan fingerprint density at radius 3 is 2.05 bits per heavy atom. The van der Waals surface area contributed by atoms with Gasteiger partial charge < -0.3 is 10.6 Å². The molecule has 3 aromatic carbocycles. The van der Waals surface area contributed by atoms with Gasteiger partial charge >= 0.3 is 5.69 Å². The monoisotopic (exact) mass is 563 g/mol. The Bertz CT molecular complexity index is 1610. The predicted octanol–water partition coefficient (Wildman–Crippen LogP) is 3.81. The molecule has 1 atom stereocenters. The first kappa shape index (κ1) is 28.4. The van der Waals surface area contributed by atoms with Crippen LogP contribution in [0.1, 0.15) is 28.4 Å². The second-order valence-corrected chi connectivity index (χ2v) is 10.3. The molecule has 0 amide bonds. The highest BCUT2D eigenvalue weighted by Crippen LogP contribution is 2.21. The number of rotatable bonds is 8. The van der Waals surface area contributed by atoms with Crippen LogP contribution in [-0.4, -0.2) is 40.2 Å². The fourth-order valence-electron chi connectivity index (χ4n) is 5.32. The Morgan fingerprint density at radius 1 is 0.780 bits per heavy atom. The van der Waals surface area contributed by atoms with Gasteiger partial charge in [0.1, 0.15) is 23.1 Å². The van der Waals surface area contributed by atoms with Gasteiger partial charge in [-0.3, -0.25) is 18.8 Å². The van der Waals surface area contributed by atoms with Gasteiger partial charge in [-0.15, -0.1) is 0 Å². The Balaban J connectivity index is 1.49. The van der Waals surface area contributed by atoms with E-state index in [0.29, 0.717) is 44.1 Å². The van der Waals surface area contributed by atoms with Crippen molar-refractivity contribution in [2.75, 3.05) is 31.1 Å². The molecular formula is C31H32F3N5O2. The lowest BCUT2D eigenvalue weighted by molar-refractivity contribution is 0.249. The van der Waals surface area contributed by atoms with Crippen LogP contribution < -0.4 is 21.9 Å². The molecule has 0 radical (unpaired) electrons. The first-order valence-electron chi connectivity index (χ1n) is 13.5. The van der Waals surface area contributed by atoms with Gasteiger partial charge in [-0.05, 0) is 42.3 Å². The van der Waals surface area contributed by atoms with Gasteiger partial charge in [0.25, 0.3) is 5.56 Å². The van der Waals surface area contributed by atoms with Crippen molar-refractivity contribution in [3.05, 3.63) is 133 Å². The molecule has 0 unspecified atom stereocenters. The van der Waals surface area contributed by atoms with Gasteiger partial charge in [0, 0.05) is 50.0 Å². The fourth-order valence-corrected chi connectivity index (χ4v) is 5.32. The molecule has 0 spiro atoms. The fraction of sp³-hybridized carbons (Fsp3) is 0.290. The SMILES string of the molecule is Cc1c(N2CCN(Cc3ccc(F)cc3)CC2)c(=O)n(C[C@H](N)c2ccccc2)c(=O)n1Cc1c(F)cccc1F. The summed E-state index contributed by atoms with van der Waals surface area (Å²) in [5.74, 6) is -1.83. The maximum absolute atomic E-state index is 14.6. The van der Waals surface area contributed by atoms with Gasteiger partial charge in [0.2, 0.25) is 0 Å². The average molecular weight is 564 g/mol. The van der Waals surface area contributed by atoms with Crippen LogP contribution in [0.3, 0.4) is 0 Å². The van der Waals surface area contributed by atoms with E-state index in [1.54, 1.807) is 19.1 Å². The summed E-state index contributed by atoms with van der Waals surface area (Å²) in [6, 6.07) is 18.4. The Morgan fingerprint density at radius 2 is 1.41 bits per heavy atom. The summed E-state index contributed by atoms with van der Waals surface area (Å²) >= 11 is 0. The number of anilines is 1. The summed E-state index contributed by atoms with van der Waals surface area (Å²) in [5, 5.41) is 0. The molecule has 2 N–H and O–H groups in total. The van der Waals surface area contributed by atoms with E-state index < -0.39 is 28.9 Å². The predicted molar refractivity (Wildman–Crippen MR) is 152 cm³/mol. The van der Waals surface area contributed by atoms with Crippen molar-refractivity contribution in [1.29, 1.82) is 0 Å². The smallest absolute Gasteiger partial charge is 0.331 e. The normalized spacial score (nSPS) is 14.8. The number of nitrogens with zero attached hydrogens (tertiary/aromatic N) is 4. The van der Waals surface area contributed by atoms with Gasteiger partial charge in [-0.25, -0.2) is 18.0 Å². The zero-order chi connectivity index (χ0) is 29.1. The number of aromatic nitrogens is 2. The van der Waals surface area contributed by atoms with E-state index in [1.165, 1.54) is 22.8 Å². The van der Waals surface area contributed by atoms with Crippen LogP contribution in [0.5, 0.6) is 0 Å². The molecular weight excluding hydrogens is 531 g/mol. The molecule has 1 fully saturated rings. The summed E-state index contributed by atoms with van der Waals surface area (Å²) in [6.07, 6.45) is 0. The summed E-state index contributed by atoms with van der Waals surface area (Å²) < 4.78 is 44.9. The zero-order valence-corrected chi connectivity index (χ0v) is 22.8. The molecule has 0 saturated carbocycles. The lowest BCUT2D eigenvalue weighted by Gasteiger charge is -2.37. The number of halogens is 3. The Labute approximate surface area is 235 Å². The van der Waals surface area contributed by atoms with Crippen molar-refractivity contribution >= 4 is 5.69 Å². The van der Waals surface area contributed by atoms with Gasteiger partial charge in [0.15, 0.2) is 0 Å². The minimum Gasteiger partial charge on any atom is -0.363 e. The summed E-state index contributed by atoms with van der Waals surface area (Å²) in [7, 11) is 0. The molecule has 214 valence electrons. The van der Waals surface area contributed by atoms with Crippen LogP contribution in [0, 0.1) is 24.4 Å². The molecule has 7 nitrogen and oxygen atoms in total. The van der Waals surface area contributed by atoms with Crippen LogP contribution >= 0.6 is 0 Å². The van der Waals surface area contributed by atoms with E-state index in [9.17, 15) is 22.8 Å². The largest absolute Gasteiger partial charge is 0.363 e. The molecule has 2 heterocycles. The highest BCUT2D eigenvalue weighted by atomic mass is 19.1. The van der Waals surface area contributed by atoms with Crippen molar-refractivity contribution in [3.8, 4) is 0 Å². The Kier molecular flexibility index (Phi) is 8.41. The summed E-state index contributed by atoms with van der Waals surface area (Å²) in [6.45, 7) is 4.03. The molecule has 10 heteroatoms. The maximum atomic E-state index is 14.6. The lowest BCUT2D eigenvalue weighted by atomic mass is 10.1. The van der Waals surface area contributed by atoms with Gasteiger partial charge in [-0.2, -0.15) is 0 Å². The minimum absolute atomic E-state index is 0.0980. The molecule has 0 aliphatic carbocycles. The van der Waals surface area contributed by atoms with Crippen LogP contribution in [0.2, 0.25) is 0 Å². The van der Waals surface area contributed by atoms with Crippen LogP contribution in [-0.2, 0) is 19.6 Å². The summed E-state index contributed by atoms with van der Waals surface area (Å²) in [4.78, 5) is 31.7. The van der Waals surface area contributed by atoms with Gasteiger partial charge in [0.05, 0.1) is 13.1 Å². The highest BCUT2D eigenvalue weighted by Gasteiger charge is 2.26. The lowest BCUT2D eigenvalue weighted by Crippen LogP contribution is -2.51. The third-order valence-electron chi connectivity index (χ3n) is 7.65.